The molecule has 1 N–H and O–H groups in total. The lowest BCUT2D eigenvalue weighted by atomic mass is 10.1. The van der Waals surface area contributed by atoms with Crippen LogP contribution in [0.5, 0.6) is 0 Å². The van der Waals surface area contributed by atoms with Gasteiger partial charge in [-0.1, -0.05) is 48.0 Å². The number of hydrogen-bond acceptors (Lipinski definition) is 0. The average molecular weight is 317 g/mol. The molecule has 0 bridgehead atoms. The second-order valence-corrected chi connectivity index (χ2v) is 6.12. The summed E-state index contributed by atoms with van der Waals surface area (Å²) in [6, 6.07) is 22.9. The molecule has 2 nitrogen and oxygen atoms in total. The molecule has 5 aromatic rings. The Labute approximate surface area is 137 Å². The van der Waals surface area contributed by atoms with E-state index in [9.17, 15) is 0 Å². The molecular weight excluding hydrogens is 304 g/mol. The standard InChI is InChI=1S/C20H13ClN2/c21-18-19-16(15-8-4-5-9-17(15)22-19)12-13-10-11-23(20(13)18)14-6-2-1-3-7-14/h1-12,22H. The Bertz CT molecular complexity index is 1170. The van der Waals surface area contributed by atoms with Crippen molar-refractivity contribution in [3.8, 4) is 5.69 Å². The topological polar surface area (TPSA) is 20.7 Å². The summed E-state index contributed by atoms with van der Waals surface area (Å²) in [5, 5.41) is 4.29. The van der Waals surface area contributed by atoms with Gasteiger partial charge in [-0.2, -0.15) is 0 Å². The fourth-order valence-electron chi connectivity index (χ4n) is 3.36. The first kappa shape index (κ1) is 12.8. The van der Waals surface area contributed by atoms with Gasteiger partial charge in [0.1, 0.15) is 0 Å². The van der Waals surface area contributed by atoms with Crippen LogP contribution in [0.3, 0.4) is 0 Å². The van der Waals surface area contributed by atoms with E-state index in [1.807, 2.05) is 24.3 Å². The average Bonchev–Trinajstić information content (AvgIpc) is 3.18. The third kappa shape index (κ3) is 1.76. The third-order valence-corrected chi connectivity index (χ3v) is 4.79. The molecule has 2 heterocycles. The molecule has 0 fully saturated rings. The second kappa shape index (κ2) is 4.64. The minimum absolute atomic E-state index is 0.766. The maximum absolute atomic E-state index is 6.79. The van der Waals surface area contributed by atoms with Gasteiger partial charge in [-0.25, -0.2) is 0 Å². The van der Waals surface area contributed by atoms with E-state index in [0.717, 1.165) is 32.6 Å². The maximum atomic E-state index is 6.79. The summed E-state index contributed by atoms with van der Waals surface area (Å²) in [5.41, 5.74) is 4.26. The molecule has 110 valence electrons. The molecular formula is C20H13ClN2. The van der Waals surface area contributed by atoms with Crippen LogP contribution in [-0.4, -0.2) is 9.55 Å². The van der Waals surface area contributed by atoms with Crippen molar-refractivity contribution in [3.63, 3.8) is 0 Å². The Morgan fingerprint density at radius 3 is 2.48 bits per heavy atom. The smallest absolute Gasteiger partial charge is 0.0893 e. The Balaban J connectivity index is 1.93. The van der Waals surface area contributed by atoms with Crippen molar-refractivity contribution in [3.05, 3.63) is 77.9 Å². The Morgan fingerprint density at radius 1 is 0.826 bits per heavy atom. The number of nitrogens with one attached hydrogen (secondary N) is 1. The van der Waals surface area contributed by atoms with E-state index >= 15 is 0 Å². The lowest BCUT2D eigenvalue weighted by Gasteiger charge is -2.07. The molecule has 0 aliphatic rings. The third-order valence-electron chi connectivity index (χ3n) is 4.43. The van der Waals surface area contributed by atoms with Crippen molar-refractivity contribution in [2.24, 2.45) is 0 Å². The van der Waals surface area contributed by atoms with Crippen LogP contribution in [0.25, 0.3) is 38.4 Å². The molecule has 0 spiro atoms. The number of fused-ring (bicyclic) bond motifs is 4. The van der Waals surface area contributed by atoms with Gasteiger partial charge in [-0.05, 0) is 30.3 Å². The first-order valence-corrected chi connectivity index (χ1v) is 7.96. The van der Waals surface area contributed by atoms with Gasteiger partial charge in [0.05, 0.1) is 16.1 Å². The zero-order valence-corrected chi connectivity index (χ0v) is 13.0. The highest BCUT2D eigenvalue weighted by molar-refractivity contribution is 6.41. The molecule has 0 unspecified atom stereocenters. The summed E-state index contributed by atoms with van der Waals surface area (Å²) in [6.07, 6.45) is 2.08. The van der Waals surface area contributed by atoms with Crippen molar-refractivity contribution in [1.82, 2.24) is 9.55 Å². The molecule has 0 radical (unpaired) electrons. The Hall–Kier alpha value is -2.71. The van der Waals surface area contributed by atoms with Crippen molar-refractivity contribution in [1.29, 1.82) is 0 Å². The van der Waals surface area contributed by atoms with E-state index < -0.39 is 0 Å². The van der Waals surface area contributed by atoms with Gasteiger partial charge in [0.15, 0.2) is 0 Å². The van der Waals surface area contributed by atoms with Gasteiger partial charge in [0, 0.05) is 33.6 Å². The monoisotopic (exact) mass is 316 g/mol. The van der Waals surface area contributed by atoms with Gasteiger partial charge in [-0.15, -0.1) is 0 Å². The van der Waals surface area contributed by atoms with Gasteiger partial charge in [-0.3, -0.25) is 0 Å². The zero-order chi connectivity index (χ0) is 15.4. The van der Waals surface area contributed by atoms with Crippen LogP contribution in [0, 0.1) is 0 Å². The number of para-hydroxylation sites is 2. The highest BCUT2D eigenvalue weighted by Crippen LogP contribution is 2.37. The number of hydrogen-bond donors (Lipinski definition) is 1. The number of aromatic nitrogens is 2. The van der Waals surface area contributed by atoms with Gasteiger partial charge >= 0.3 is 0 Å². The highest BCUT2D eigenvalue weighted by Gasteiger charge is 2.14. The van der Waals surface area contributed by atoms with Crippen molar-refractivity contribution in [2.75, 3.05) is 0 Å². The molecule has 0 aliphatic carbocycles. The highest BCUT2D eigenvalue weighted by atomic mass is 35.5. The molecule has 0 aliphatic heterocycles. The SMILES string of the molecule is Clc1c2[nH]c3ccccc3c2cc2ccn(-c3ccccc3)c12. The van der Waals surface area contributed by atoms with Gasteiger partial charge < -0.3 is 9.55 Å². The van der Waals surface area contributed by atoms with Crippen LogP contribution in [0.1, 0.15) is 0 Å². The molecule has 2 aromatic heterocycles. The normalized spacial score (nSPS) is 11.7. The van der Waals surface area contributed by atoms with Crippen molar-refractivity contribution < 1.29 is 0 Å². The largest absolute Gasteiger partial charge is 0.353 e. The number of benzene rings is 3. The predicted octanol–water partition coefficient (Wildman–Crippen LogP) is 5.92. The van der Waals surface area contributed by atoms with E-state index in [0.29, 0.717) is 0 Å². The van der Waals surface area contributed by atoms with E-state index in [-0.39, 0.29) is 0 Å². The first-order valence-electron chi connectivity index (χ1n) is 7.58. The molecule has 3 aromatic carbocycles. The zero-order valence-electron chi connectivity index (χ0n) is 12.3. The minimum Gasteiger partial charge on any atom is -0.353 e. The van der Waals surface area contributed by atoms with Gasteiger partial charge in [0.25, 0.3) is 0 Å². The van der Waals surface area contributed by atoms with Gasteiger partial charge in [0.2, 0.25) is 0 Å². The van der Waals surface area contributed by atoms with E-state index in [2.05, 4.69) is 58.2 Å². The fourth-order valence-corrected chi connectivity index (χ4v) is 3.71. The first-order chi connectivity index (χ1) is 11.3. The van der Waals surface area contributed by atoms with Crippen molar-refractivity contribution >= 4 is 44.3 Å². The summed E-state index contributed by atoms with van der Waals surface area (Å²) in [4.78, 5) is 3.46. The lowest BCUT2D eigenvalue weighted by Crippen LogP contribution is -1.91. The fraction of sp³-hybridized carbons (Fsp3) is 0. The summed E-state index contributed by atoms with van der Waals surface area (Å²) in [6.45, 7) is 0. The lowest BCUT2D eigenvalue weighted by molar-refractivity contribution is 1.13. The molecule has 0 amide bonds. The number of halogens is 1. The van der Waals surface area contributed by atoms with Crippen molar-refractivity contribution in [2.45, 2.75) is 0 Å². The summed E-state index contributed by atoms with van der Waals surface area (Å²) in [5.74, 6) is 0. The summed E-state index contributed by atoms with van der Waals surface area (Å²) >= 11 is 6.79. The van der Waals surface area contributed by atoms with E-state index in [4.69, 9.17) is 11.6 Å². The molecule has 0 saturated carbocycles. The van der Waals surface area contributed by atoms with Crippen LogP contribution in [0.2, 0.25) is 5.02 Å². The molecule has 5 rings (SSSR count). The minimum atomic E-state index is 0.766. The van der Waals surface area contributed by atoms with Crippen LogP contribution in [-0.2, 0) is 0 Å². The van der Waals surface area contributed by atoms with E-state index in [1.54, 1.807) is 0 Å². The number of H-pyrrole nitrogens is 1. The maximum Gasteiger partial charge on any atom is 0.0893 e. The number of nitrogens with zero attached hydrogens (tertiary/aromatic N) is 1. The van der Waals surface area contributed by atoms with Crippen LogP contribution < -0.4 is 0 Å². The second-order valence-electron chi connectivity index (χ2n) is 5.74. The quantitative estimate of drug-likeness (QED) is 0.396. The summed E-state index contributed by atoms with van der Waals surface area (Å²) < 4.78 is 2.14. The number of rotatable bonds is 1. The van der Waals surface area contributed by atoms with Crippen LogP contribution in [0.4, 0.5) is 0 Å². The molecule has 3 heteroatoms. The number of aromatic amines is 1. The molecule has 0 atom stereocenters. The Kier molecular flexibility index (Phi) is 2.58. The molecule has 0 saturated heterocycles. The summed E-state index contributed by atoms with van der Waals surface area (Å²) in [7, 11) is 0. The predicted molar refractivity (Wildman–Crippen MR) is 97.6 cm³/mol. The van der Waals surface area contributed by atoms with Crippen LogP contribution >= 0.6 is 11.6 Å². The molecule has 23 heavy (non-hydrogen) atoms. The van der Waals surface area contributed by atoms with E-state index in [1.165, 1.54) is 10.8 Å². The van der Waals surface area contributed by atoms with Crippen LogP contribution in [0.15, 0.2) is 72.9 Å². The Morgan fingerprint density at radius 2 is 1.61 bits per heavy atom.